The van der Waals surface area contributed by atoms with Gasteiger partial charge < -0.3 is 10.1 Å². The number of hydrogen-bond donors (Lipinski definition) is 1. The summed E-state index contributed by atoms with van der Waals surface area (Å²) in [6.07, 6.45) is 4.64. The molecule has 0 saturated heterocycles. The van der Waals surface area contributed by atoms with Gasteiger partial charge in [-0.3, -0.25) is 0 Å². The summed E-state index contributed by atoms with van der Waals surface area (Å²) in [5.41, 5.74) is 0. The quantitative estimate of drug-likeness (QED) is 0.869. The molecule has 0 aromatic heterocycles. The molecule has 3 nitrogen and oxygen atoms in total. The molecule has 0 aliphatic heterocycles. The van der Waals surface area contributed by atoms with Crippen LogP contribution in [0.15, 0.2) is 30.3 Å². The van der Waals surface area contributed by atoms with Gasteiger partial charge in [0.2, 0.25) is 0 Å². The number of benzene rings is 1. The molecule has 0 unspecified atom stereocenters. The van der Waals surface area contributed by atoms with E-state index in [0.717, 1.165) is 0 Å². The summed E-state index contributed by atoms with van der Waals surface area (Å²) in [7, 11) is 0. The normalized spacial score (nSPS) is 17.7. The lowest BCUT2D eigenvalue weighted by Gasteiger charge is -2.19. The van der Waals surface area contributed by atoms with E-state index in [2.05, 4.69) is 12.2 Å². The first-order valence-electron chi connectivity index (χ1n) is 6.29. The van der Waals surface area contributed by atoms with E-state index in [1.165, 1.54) is 25.7 Å². The van der Waals surface area contributed by atoms with Crippen molar-refractivity contribution in [2.24, 2.45) is 5.92 Å². The SMILES string of the molecule is C[C@@H](NC(=O)Oc1ccccc1)C1CCCC1. The second kappa shape index (κ2) is 5.71. The van der Waals surface area contributed by atoms with Gasteiger partial charge in [-0.25, -0.2) is 4.79 Å². The first-order chi connectivity index (χ1) is 8.25. The van der Waals surface area contributed by atoms with E-state index in [9.17, 15) is 4.79 Å². The maximum Gasteiger partial charge on any atom is 0.412 e. The van der Waals surface area contributed by atoms with Gasteiger partial charge in [0.05, 0.1) is 0 Å². The fraction of sp³-hybridized carbons (Fsp3) is 0.500. The van der Waals surface area contributed by atoms with E-state index in [4.69, 9.17) is 4.74 Å². The van der Waals surface area contributed by atoms with Gasteiger partial charge in [-0.15, -0.1) is 0 Å². The third-order valence-corrected chi connectivity index (χ3v) is 3.41. The van der Waals surface area contributed by atoms with Gasteiger partial charge in [0, 0.05) is 6.04 Å². The summed E-state index contributed by atoms with van der Waals surface area (Å²) in [5.74, 6) is 1.20. The highest BCUT2D eigenvalue weighted by atomic mass is 16.6. The molecule has 0 spiro atoms. The molecule has 1 fully saturated rings. The number of carbonyl (C=O) groups is 1. The zero-order valence-corrected chi connectivity index (χ0v) is 10.2. The lowest BCUT2D eigenvalue weighted by Crippen LogP contribution is -2.38. The van der Waals surface area contributed by atoms with Crippen LogP contribution in [0.5, 0.6) is 5.75 Å². The van der Waals surface area contributed by atoms with E-state index in [-0.39, 0.29) is 12.1 Å². The second-order valence-corrected chi connectivity index (χ2v) is 4.68. The van der Waals surface area contributed by atoms with Crippen LogP contribution in [-0.2, 0) is 0 Å². The molecule has 1 N–H and O–H groups in total. The van der Waals surface area contributed by atoms with Crippen LogP contribution in [0.3, 0.4) is 0 Å². The van der Waals surface area contributed by atoms with E-state index in [1.807, 2.05) is 18.2 Å². The molecule has 1 saturated carbocycles. The van der Waals surface area contributed by atoms with E-state index < -0.39 is 0 Å². The zero-order valence-electron chi connectivity index (χ0n) is 10.2. The molecular formula is C14H19NO2. The largest absolute Gasteiger partial charge is 0.412 e. The molecular weight excluding hydrogens is 214 g/mol. The Morgan fingerprint density at radius 2 is 1.94 bits per heavy atom. The van der Waals surface area contributed by atoms with E-state index in [0.29, 0.717) is 11.7 Å². The smallest absolute Gasteiger partial charge is 0.410 e. The Labute approximate surface area is 102 Å². The average molecular weight is 233 g/mol. The third-order valence-electron chi connectivity index (χ3n) is 3.41. The van der Waals surface area contributed by atoms with Crippen molar-refractivity contribution in [3.8, 4) is 5.75 Å². The summed E-state index contributed by atoms with van der Waals surface area (Å²) in [4.78, 5) is 11.6. The summed E-state index contributed by atoms with van der Waals surface area (Å²) < 4.78 is 5.19. The van der Waals surface area contributed by atoms with Gasteiger partial charge in [0.15, 0.2) is 0 Å². The highest BCUT2D eigenvalue weighted by molar-refractivity contribution is 5.70. The fourth-order valence-electron chi connectivity index (χ4n) is 2.39. The van der Waals surface area contributed by atoms with Crippen LogP contribution >= 0.6 is 0 Å². The van der Waals surface area contributed by atoms with Crippen LogP contribution < -0.4 is 10.1 Å². The van der Waals surface area contributed by atoms with Gasteiger partial charge in [-0.2, -0.15) is 0 Å². The fourth-order valence-corrected chi connectivity index (χ4v) is 2.39. The minimum atomic E-state index is -0.351. The number of rotatable bonds is 3. The standard InChI is InChI=1S/C14H19NO2/c1-11(12-7-5-6-8-12)15-14(16)17-13-9-3-2-4-10-13/h2-4,9-12H,5-8H2,1H3,(H,15,16)/t11-/m1/s1. The second-order valence-electron chi connectivity index (χ2n) is 4.68. The lowest BCUT2D eigenvalue weighted by molar-refractivity contribution is 0.192. The summed E-state index contributed by atoms with van der Waals surface area (Å²) in [6, 6.07) is 9.35. The van der Waals surface area contributed by atoms with Gasteiger partial charge in [-0.05, 0) is 37.8 Å². The topological polar surface area (TPSA) is 38.3 Å². The molecule has 1 aliphatic rings. The molecule has 0 bridgehead atoms. The molecule has 1 amide bonds. The highest BCUT2D eigenvalue weighted by Gasteiger charge is 2.23. The van der Waals surface area contributed by atoms with Crippen molar-refractivity contribution >= 4 is 6.09 Å². The van der Waals surface area contributed by atoms with Crippen LogP contribution in [0.4, 0.5) is 4.79 Å². The van der Waals surface area contributed by atoms with Crippen molar-refractivity contribution in [2.45, 2.75) is 38.6 Å². The van der Waals surface area contributed by atoms with Crippen molar-refractivity contribution in [1.82, 2.24) is 5.32 Å². The molecule has 2 rings (SSSR count). The molecule has 17 heavy (non-hydrogen) atoms. The Hall–Kier alpha value is -1.51. The van der Waals surface area contributed by atoms with Gasteiger partial charge in [0.25, 0.3) is 0 Å². The molecule has 1 atom stereocenters. The average Bonchev–Trinajstić information content (AvgIpc) is 2.83. The monoisotopic (exact) mass is 233 g/mol. The Balaban J connectivity index is 1.80. The predicted molar refractivity (Wildman–Crippen MR) is 67.0 cm³/mol. The van der Waals surface area contributed by atoms with Crippen molar-refractivity contribution in [1.29, 1.82) is 0 Å². The minimum absolute atomic E-state index is 0.203. The number of ether oxygens (including phenoxy) is 1. The number of amides is 1. The first kappa shape index (κ1) is 12.0. The molecule has 1 aromatic rings. The Kier molecular flexibility index (Phi) is 4.02. The van der Waals surface area contributed by atoms with Crippen molar-refractivity contribution in [2.75, 3.05) is 0 Å². The number of nitrogens with one attached hydrogen (secondary N) is 1. The number of carbonyl (C=O) groups excluding carboxylic acids is 1. The van der Waals surface area contributed by atoms with Gasteiger partial charge >= 0.3 is 6.09 Å². The zero-order chi connectivity index (χ0) is 12.1. The van der Waals surface area contributed by atoms with E-state index in [1.54, 1.807) is 12.1 Å². The molecule has 1 aromatic carbocycles. The Morgan fingerprint density at radius 1 is 1.29 bits per heavy atom. The summed E-state index contributed by atoms with van der Waals surface area (Å²) >= 11 is 0. The van der Waals surface area contributed by atoms with Crippen molar-refractivity contribution in [3.63, 3.8) is 0 Å². The Morgan fingerprint density at radius 3 is 2.59 bits per heavy atom. The van der Waals surface area contributed by atoms with Crippen molar-refractivity contribution in [3.05, 3.63) is 30.3 Å². The summed E-state index contributed by atoms with van der Waals surface area (Å²) in [5, 5.41) is 2.91. The summed E-state index contributed by atoms with van der Waals surface area (Å²) in [6.45, 7) is 2.06. The molecule has 0 radical (unpaired) electrons. The molecule has 92 valence electrons. The predicted octanol–water partition coefficient (Wildman–Crippen LogP) is 3.35. The van der Waals surface area contributed by atoms with Gasteiger partial charge in [-0.1, -0.05) is 31.0 Å². The maximum absolute atomic E-state index is 11.6. The molecule has 0 heterocycles. The highest BCUT2D eigenvalue weighted by Crippen LogP contribution is 2.27. The van der Waals surface area contributed by atoms with Crippen LogP contribution in [0, 0.1) is 5.92 Å². The number of para-hydroxylation sites is 1. The maximum atomic E-state index is 11.6. The minimum Gasteiger partial charge on any atom is -0.410 e. The Bertz CT molecular complexity index is 358. The van der Waals surface area contributed by atoms with E-state index >= 15 is 0 Å². The number of hydrogen-bond acceptors (Lipinski definition) is 2. The third kappa shape index (κ3) is 3.48. The molecule has 3 heteroatoms. The molecule has 1 aliphatic carbocycles. The van der Waals surface area contributed by atoms with Gasteiger partial charge in [0.1, 0.15) is 5.75 Å². The van der Waals surface area contributed by atoms with Crippen LogP contribution in [0.25, 0.3) is 0 Å². The van der Waals surface area contributed by atoms with Crippen LogP contribution in [-0.4, -0.2) is 12.1 Å². The first-order valence-corrected chi connectivity index (χ1v) is 6.29. The van der Waals surface area contributed by atoms with Crippen LogP contribution in [0.1, 0.15) is 32.6 Å². The lowest BCUT2D eigenvalue weighted by atomic mass is 10.0. The van der Waals surface area contributed by atoms with Crippen molar-refractivity contribution < 1.29 is 9.53 Å². The van der Waals surface area contributed by atoms with Crippen LogP contribution in [0.2, 0.25) is 0 Å².